The van der Waals surface area contributed by atoms with Crippen molar-refractivity contribution in [3.05, 3.63) is 47.8 Å². The Morgan fingerprint density at radius 2 is 2.00 bits per heavy atom. The molecular weight excluding hydrogens is 334 g/mol. The minimum absolute atomic E-state index is 0.255. The lowest BCUT2D eigenvalue weighted by Gasteiger charge is -2.17. The maximum Gasteiger partial charge on any atom is 0.342 e. The van der Waals surface area contributed by atoms with Crippen molar-refractivity contribution in [1.82, 2.24) is 9.55 Å². The number of fused-ring (bicyclic) bond motifs is 1. The first kappa shape index (κ1) is 17.3. The van der Waals surface area contributed by atoms with Crippen LogP contribution in [0.25, 0.3) is 16.7 Å². The standard InChI is InChI=1S/C19H17N3O4/c1-4-26-19(23)13-7-8-15(18(25-3)17(13)24-2)22-11-12(10-20)16-14(22)6-5-9-21-16/h5-9,11H,4H2,1-3H3. The van der Waals surface area contributed by atoms with Crippen LogP contribution < -0.4 is 9.47 Å². The molecule has 26 heavy (non-hydrogen) atoms. The third kappa shape index (κ3) is 2.71. The predicted octanol–water partition coefficient (Wildman–Crippen LogP) is 3.09. The molecule has 0 bridgehead atoms. The van der Waals surface area contributed by atoms with E-state index in [9.17, 15) is 10.1 Å². The minimum atomic E-state index is -0.494. The van der Waals surface area contributed by atoms with E-state index in [1.165, 1.54) is 14.2 Å². The topological polar surface area (TPSA) is 86.4 Å². The van der Waals surface area contributed by atoms with Gasteiger partial charge >= 0.3 is 5.97 Å². The number of nitriles is 1. The first-order valence-corrected chi connectivity index (χ1v) is 7.94. The quantitative estimate of drug-likeness (QED) is 0.657. The second-order valence-corrected chi connectivity index (χ2v) is 5.31. The van der Waals surface area contributed by atoms with E-state index in [1.54, 1.807) is 42.1 Å². The van der Waals surface area contributed by atoms with Gasteiger partial charge in [0.25, 0.3) is 0 Å². The molecule has 1 aromatic carbocycles. The molecule has 2 aromatic heterocycles. The Bertz CT molecular complexity index is 1020. The van der Waals surface area contributed by atoms with Gasteiger partial charge in [0, 0.05) is 12.4 Å². The molecule has 0 saturated heterocycles. The Kier molecular flexibility index (Phi) is 4.76. The van der Waals surface area contributed by atoms with Crippen molar-refractivity contribution in [3.63, 3.8) is 0 Å². The van der Waals surface area contributed by atoms with Gasteiger partial charge in [-0.1, -0.05) is 0 Å². The third-order valence-corrected chi connectivity index (χ3v) is 3.93. The van der Waals surface area contributed by atoms with Gasteiger partial charge in [-0.3, -0.25) is 4.98 Å². The molecule has 2 heterocycles. The van der Waals surface area contributed by atoms with Gasteiger partial charge in [-0.2, -0.15) is 5.26 Å². The van der Waals surface area contributed by atoms with Crippen LogP contribution in [0.15, 0.2) is 36.7 Å². The number of rotatable bonds is 5. The molecule has 7 heteroatoms. The van der Waals surface area contributed by atoms with E-state index < -0.39 is 5.97 Å². The van der Waals surface area contributed by atoms with E-state index in [2.05, 4.69) is 11.1 Å². The van der Waals surface area contributed by atoms with Gasteiger partial charge in [0.1, 0.15) is 17.1 Å². The average Bonchev–Trinajstić information content (AvgIpc) is 3.05. The van der Waals surface area contributed by atoms with E-state index >= 15 is 0 Å². The number of carbonyl (C=O) groups is 1. The summed E-state index contributed by atoms with van der Waals surface area (Å²) < 4.78 is 17.8. The van der Waals surface area contributed by atoms with Crippen molar-refractivity contribution in [2.75, 3.05) is 20.8 Å². The van der Waals surface area contributed by atoms with Gasteiger partial charge in [0.15, 0.2) is 11.5 Å². The van der Waals surface area contributed by atoms with E-state index in [-0.39, 0.29) is 17.9 Å². The summed E-state index contributed by atoms with van der Waals surface area (Å²) in [6, 6.07) is 9.12. The van der Waals surface area contributed by atoms with E-state index in [4.69, 9.17) is 14.2 Å². The van der Waals surface area contributed by atoms with E-state index in [0.29, 0.717) is 22.5 Å². The lowest BCUT2D eigenvalue weighted by molar-refractivity contribution is 0.0522. The summed E-state index contributed by atoms with van der Waals surface area (Å²) in [6.07, 6.45) is 3.31. The van der Waals surface area contributed by atoms with Crippen LogP contribution in [0, 0.1) is 11.3 Å². The van der Waals surface area contributed by atoms with Crippen LogP contribution in [-0.2, 0) is 4.74 Å². The fourth-order valence-electron chi connectivity index (χ4n) is 2.85. The lowest BCUT2D eigenvalue weighted by atomic mass is 10.1. The highest BCUT2D eigenvalue weighted by Gasteiger charge is 2.23. The summed E-state index contributed by atoms with van der Waals surface area (Å²) in [5.41, 5.74) is 2.66. The maximum atomic E-state index is 12.2. The highest BCUT2D eigenvalue weighted by atomic mass is 16.5. The van der Waals surface area contributed by atoms with Crippen molar-refractivity contribution in [2.45, 2.75) is 6.92 Å². The molecule has 0 radical (unpaired) electrons. The molecule has 0 fully saturated rings. The molecule has 0 aliphatic heterocycles. The van der Waals surface area contributed by atoms with E-state index in [1.807, 2.05) is 6.07 Å². The molecule has 0 unspecified atom stereocenters. The van der Waals surface area contributed by atoms with Gasteiger partial charge in [-0.05, 0) is 31.2 Å². The molecule has 7 nitrogen and oxygen atoms in total. The van der Waals surface area contributed by atoms with Crippen LogP contribution in [0.5, 0.6) is 11.5 Å². The molecule has 3 aromatic rings. The van der Waals surface area contributed by atoms with Crippen molar-refractivity contribution in [1.29, 1.82) is 5.26 Å². The first-order chi connectivity index (χ1) is 12.7. The number of esters is 1. The number of benzene rings is 1. The fourth-order valence-corrected chi connectivity index (χ4v) is 2.85. The maximum absolute atomic E-state index is 12.2. The third-order valence-electron chi connectivity index (χ3n) is 3.93. The molecule has 0 saturated carbocycles. The van der Waals surface area contributed by atoms with Gasteiger partial charge in [0.2, 0.25) is 0 Å². The van der Waals surface area contributed by atoms with Crippen molar-refractivity contribution in [3.8, 4) is 23.3 Å². The number of ether oxygens (including phenoxy) is 3. The SMILES string of the molecule is CCOC(=O)c1ccc(-n2cc(C#N)c3ncccc32)c(OC)c1OC. The predicted molar refractivity (Wildman–Crippen MR) is 94.8 cm³/mol. The van der Waals surface area contributed by atoms with Crippen LogP contribution in [0.1, 0.15) is 22.8 Å². The zero-order valence-electron chi connectivity index (χ0n) is 14.6. The molecular formula is C19H17N3O4. The number of methoxy groups -OCH3 is 2. The molecule has 0 spiro atoms. The Labute approximate surface area is 150 Å². The number of nitrogens with zero attached hydrogens (tertiary/aromatic N) is 3. The minimum Gasteiger partial charge on any atom is -0.492 e. The van der Waals surface area contributed by atoms with Crippen LogP contribution >= 0.6 is 0 Å². The average molecular weight is 351 g/mol. The summed E-state index contributed by atoms with van der Waals surface area (Å²) in [7, 11) is 2.95. The number of carbonyl (C=O) groups excluding carboxylic acids is 1. The zero-order chi connectivity index (χ0) is 18.7. The largest absolute Gasteiger partial charge is 0.492 e. The molecule has 0 aliphatic carbocycles. The Morgan fingerprint density at radius 1 is 1.23 bits per heavy atom. The second kappa shape index (κ2) is 7.15. The Morgan fingerprint density at radius 3 is 2.65 bits per heavy atom. The number of hydrogen-bond acceptors (Lipinski definition) is 6. The molecule has 0 N–H and O–H groups in total. The summed E-state index contributed by atoms with van der Waals surface area (Å²) in [5, 5.41) is 9.38. The number of hydrogen-bond donors (Lipinski definition) is 0. The van der Waals surface area contributed by atoms with Crippen LogP contribution in [-0.4, -0.2) is 36.3 Å². The first-order valence-electron chi connectivity index (χ1n) is 7.94. The van der Waals surface area contributed by atoms with Gasteiger partial charge in [-0.15, -0.1) is 0 Å². The van der Waals surface area contributed by atoms with Crippen LogP contribution in [0.2, 0.25) is 0 Å². The van der Waals surface area contributed by atoms with E-state index in [0.717, 1.165) is 5.52 Å². The Hall–Kier alpha value is -3.53. The normalized spacial score (nSPS) is 10.4. The van der Waals surface area contributed by atoms with Gasteiger partial charge in [0.05, 0.1) is 37.6 Å². The molecule has 0 amide bonds. The monoisotopic (exact) mass is 351 g/mol. The number of aromatic nitrogens is 2. The molecule has 0 aliphatic rings. The molecule has 3 rings (SSSR count). The highest BCUT2D eigenvalue weighted by molar-refractivity contribution is 5.95. The smallest absolute Gasteiger partial charge is 0.342 e. The highest BCUT2D eigenvalue weighted by Crippen LogP contribution is 2.39. The van der Waals surface area contributed by atoms with Gasteiger partial charge in [-0.25, -0.2) is 4.79 Å². The van der Waals surface area contributed by atoms with Crippen LogP contribution in [0.4, 0.5) is 0 Å². The summed E-state index contributed by atoms with van der Waals surface area (Å²) in [6.45, 7) is 1.99. The second-order valence-electron chi connectivity index (χ2n) is 5.31. The summed E-state index contributed by atoms with van der Waals surface area (Å²) in [4.78, 5) is 16.5. The fraction of sp³-hybridized carbons (Fsp3) is 0.211. The molecule has 0 atom stereocenters. The van der Waals surface area contributed by atoms with Crippen molar-refractivity contribution in [2.24, 2.45) is 0 Å². The Balaban J connectivity index is 2.27. The van der Waals surface area contributed by atoms with Crippen LogP contribution in [0.3, 0.4) is 0 Å². The molecule has 132 valence electrons. The van der Waals surface area contributed by atoms with Crippen molar-refractivity contribution >= 4 is 17.0 Å². The lowest BCUT2D eigenvalue weighted by Crippen LogP contribution is -2.09. The summed E-state index contributed by atoms with van der Waals surface area (Å²) in [5.74, 6) is 0.141. The summed E-state index contributed by atoms with van der Waals surface area (Å²) >= 11 is 0. The number of pyridine rings is 1. The van der Waals surface area contributed by atoms with Crippen molar-refractivity contribution < 1.29 is 19.0 Å². The van der Waals surface area contributed by atoms with Gasteiger partial charge < -0.3 is 18.8 Å². The zero-order valence-corrected chi connectivity index (χ0v) is 14.6.